The fourth-order valence-electron chi connectivity index (χ4n) is 3.10. The molecule has 0 saturated heterocycles. The largest absolute Gasteiger partial charge is 0.430 e. The van der Waals surface area contributed by atoms with Crippen LogP contribution >= 0.6 is 11.5 Å². The molecule has 3 rings (SSSR count). The summed E-state index contributed by atoms with van der Waals surface area (Å²) in [6.07, 6.45) is 4.49. The van der Waals surface area contributed by atoms with Gasteiger partial charge in [0.05, 0.1) is 12.4 Å². The van der Waals surface area contributed by atoms with E-state index in [1.807, 2.05) is 7.05 Å². The Bertz CT molecular complexity index is 1040. The van der Waals surface area contributed by atoms with Gasteiger partial charge in [-0.1, -0.05) is 13.0 Å². The monoisotopic (exact) mass is 454 g/mol. The third-order valence-electron chi connectivity index (χ3n) is 5.76. The van der Waals surface area contributed by atoms with Crippen LogP contribution in [0.25, 0.3) is 11.5 Å². The van der Waals surface area contributed by atoms with E-state index in [0.717, 1.165) is 36.6 Å². The van der Waals surface area contributed by atoms with E-state index in [2.05, 4.69) is 89.8 Å². The number of likely N-dealkylation sites (N-methyl/N-ethyl adjacent to an activating group) is 1. The number of benzene rings is 1. The van der Waals surface area contributed by atoms with Gasteiger partial charge in [0, 0.05) is 30.7 Å². The standard InChI is InChI=1S/C24H34N6OS/c1-9-29(7)11-10-18-12-17(3)20(13-16(18)2)31-23-27-22(28-32-23)19-14-26-21(15-25-19)30(8)24(4,5)6/h12-15H,9-11H2,1-8H3. The van der Waals surface area contributed by atoms with Crippen molar-refractivity contribution in [3.05, 3.63) is 41.2 Å². The third-order valence-corrected chi connectivity index (χ3v) is 6.35. The third kappa shape index (κ3) is 5.81. The molecule has 0 fully saturated rings. The highest BCUT2D eigenvalue weighted by atomic mass is 32.1. The molecule has 2 heterocycles. The van der Waals surface area contributed by atoms with Gasteiger partial charge in [-0.2, -0.15) is 9.36 Å². The molecule has 172 valence electrons. The van der Waals surface area contributed by atoms with Crippen LogP contribution in [0.5, 0.6) is 10.9 Å². The van der Waals surface area contributed by atoms with Gasteiger partial charge in [0.2, 0.25) is 0 Å². The molecule has 0 aliphatic heterocycles. The number of aromatic nitrogens is 4. The highest BCUT2D eigenvalue weighted by molar-refractivity contribution is 7.07. The zero-order valence-corrected chi connectivity index (χ0v) is 21.2. The van der Waals surface area contributed by atoms with E-state index < -0.39 is 0 Å². The second-order valence-electron chi connectivity index (χ2n) is 9.17. The Morgan fingerprint density at radius 3 is 2.41 bits per heavy atom. The maximum atomic E-state index is 6.08. The molecule has 0 spiro atoms. The Morgan fingerprint density at radius 2 is 1.78 bits per heavy atom. The highest BCUT2D eigenvalue weighted by Crippen LogP contribution is 2.31. The van der Waals surface area contributed by atoms with E-state index in [4.69, 9.17) is 4.74 Å². The first-order chi connectivity index (χ1) is 15.1. The minimum Gasteiger partial charge on any atom is -0.430 e. The maximum Gasteiger partial charge on any atom is 0.299 e. The van der Waals surface area contributed by atoms with Crippen LogP contribution in [-0.2, 0) is 6.42 Å². The predicted molar refractivity (Wildman–Crippen MR) is 132 cm³/mol. The Labute approximate surface area is 195 Å². The molecule has 2 aromatic heterocycles. The van der Waals surface area contributed by atoms with Gasteiger partial charge in [-0.3, -0.25) is 0 Å². The molecule has 0 bridgehead atoms. The first-order valence-electron chi connectivity index (χ1n) is 10.9. The summed E-state index contributed by atoms with van der Waals surface area (Å²) >= 11 is 1.22. The molecule has 0 radical (unpaired) electrons. The van der Waals surface area contributed by atoms with E-state index in [1.165, 1.54) is 22.7 Å². The highest BCUT2D eigenvalue weighted by Gasteiger charge is 2.19. The van der Waals surface area contributed by atoms with Crippen molar-refractivity contribution in [2.75, 3.05) is 32.1 Å². The van der Waals surface area contributed by atoms with Crippen molar-refractivity contribution < 1.29 is 4.74 Å². The van der Waals surface area contributed by atoms with Gasteiger partial charge in [0.15, 0.2) is 5.82 Å². The summed E-state index contributed by atoms with van der Waals surface area (Å²) in [6.45, 7) is 14.9. The molecule has 0 atom stereocenters. The van der Waals surface area contributed by atoms with Crippen molar-refractivity contribution in [2.24, 2.45) is 0 Å². The van der Waals surface area contributed by atoms with Crippen molar-refractivity contribution in [2.45, 2.75) is 53.5 Å². The summed E-state index contributed by atoms with van der Waals surface area (Å²) in [5.74, 6) is 2.14. The SMILES string of the molecule is CCN(C)CCc1cc(C)c(Oc2nc(-c3cnc(N(C)C(C)(C)C)cn3)ns2)cc1C. The van der Waals surface area contributed by atoms with Crippen LogP contribution in [0.15, 0.2) is 24.5 Å². The molecule has 32 heavy (non-hydrogen) atoms. The van der Waals surface area contributed by atoms with Crippen LogP contribution in [0, 0.1) is 13.8 Å². The van der Waals surface area contributed by atoms with E-state index >= 15 is 0 Å². The zero-order valence-electron chi connectivity index (χ0n) is 20.4. The second-order valence-corrected chi connectivity index (χ2v) is 9.88. The lowest BCUT2D eigenvalue weighted by atomic mass is 10.0. The lowest BCUT2D eigenvalue weighted by Crippen LogP contribution is -2.38. The lowest BCUT2D eigenvalue weighted by Gasteiger charge is -2.32. The Morgan fingerprint density at radius 1 is 1.03 bits per heavy atom. The molecule has 0 aliphatic carbocycles. The van der Waals surface area contributed by atoms with Gasteiger partial charge in [-0.15, -0.1) is 0 Å². The number of aryl methyl sites for hydroxylation is 2. The average Bonchev–Trinajstić information content (AvgIpc) is 3.22. The molecule has 0 aliphatic rings. The van der Waals surface area contributed by atoms with Gasteiger partial charge < -0.3 is 14.5 Å². The summed E-state index contributed by atoms with van der Waals surface area (Å²) in [5, 5.41) is 0.499. The number of anilines is 1. The van der Waals surface area contributed by atoms with Crippen molar-refractivity contribution in [3.63, 3.8) is 0 Å². The second kappa shape index (κ2) is 9.92. The van der Waals surface area contributed by atoms with Crippen LogP contribution in [0.3, 0.4) is 0 Å². The van der Waals surface area contributed by atoms with Crippen LogP contribution in [0.2, 0.25) is 0 Å². The average molecular weight is 455 g/mol. The van der Waals surface area contributed by atoms with Crippen LogP contribution in [0.1, 0.15) is 44.4 Å². The summed E-state index contributed by atoms with van der Waals surface area (Å²) in [7, 11) is 4.15. The molecular weight excluding hydrogens is 420 g/mol. The van der Waals surface area contributed by atoms with E-state index in [1.54, 1.807) is 12.4 Å². The van der Waals surface area contributed by atoms with E-state index in [-0.39, 0.29) is 5.54 Å². The number of hydrogen-bond acceptors (Lipinski definition) is 8. The Balaban J connectivity index is 1.72. The van der Waals surface area contributed by atoms with Gasteiger partial charge in [-0.25, -0.2) is 9.97 Å². The van der Waals surface area contributed by atoms with Crippen LogP contribution in [-0.4, -0.2) is 56.9 Å². The topological polar surface area (TPSA) is 67.3 Å². The van der Waals surface area contributed by atoms with Crippen molar-refractivity contribution >= 4 is 17.4 Å². The number of hydrogen-bond donors (Lipinski definition) is 0. The molecule has 3 aromatic rings. The van der Waals surface area contributed by atoms with Crippen LogP contribution in [0.4, 0.5) is 5.82 Å². The summed E-state index contributed by atoms with van der Waals surface area (Å²) in [6, 6.07) is 4.31. The van der Waals surface area contributed by atoms with Crippen LogP contribution < -0.4 is 9.64 Å². The fourth-order valence-corrected chi connectivity index (χ4v) is 3.65. The lowest BCUT2D eigenvalue weighted by molar-refractivity contribution is 0.357. The summed E-state index contributed by atoms with van der Waals surface area (Å²) in [4.78, 5) is 18.0. The molecule has 8 heteroatoms. The number of rotatable bonds is 8. The van der Waals surface area contributed by atoms with Crippen molar-refractivity contribution in [1.29, 1.82) is 0 Å². The summed E-state index contributed by atoms with van der Waals surface area (Å²) in [5.41, 5.74) is 4.27. The molecular formula is C24H34N6OS. The molecule has 0 amide bonds. The number of nitrogens with zero attached hydrogens (tertiary/aromatic N) is 6. The van der Waals surface area contributed by atoms with Gasteiger partial charge in [0.25, 0.3) is 5.19 Å². The smallest absolute Gasteiger partial charge is 0.299 e. The molecule has 0 unspecified atom stereocenters. The number of ether oxygens (including phenoxy) is 1. The first kappa shape index (κ1) is 24.1. The Hall–Kier alpha value is -2.58. The Kier molecular flexibility index (Phi) is 7.46. The van der Waals surface area contributed by atoms with Gasteiger partial charge >= 0.3 is 0 Å². The van der Waals surface area contributed by atoms with Crippen molar-refractivity contribution in [1.82, 2.24) is 24.2 Å². The molecule has 0 saturated carbocycles. The molecule has 1 aromatic carbocycles. The van der Waals surface area contributed by atoms with Crippen molar-refractivity contribution in [3.8, 4) is 22.5 Å². The minimum atomic E-state index is -0.0342. The zero-order chi connectivity index (χ0) is 23.5. The summed E-state index contributed by atoms with van der Waals surface area (Å²) < 4.78 is 10.5. The molecule has 7 nitrogen and oxygen atoms in total. The van der Waals surface area contributed by atoms with Gasteiger partial charge in [0.1, 0.15) is 17.3 Å². The first-order valence-corrected chi connectivity index (χ1v) is 11.7. The van der Waals surface area contributed by atoms with Gasteiger partial charge in [-0.05, 0) is 77.4 Å². The molecule has 0 N–H and O–H groups in total. The normalized spacial score (nSPS) is 11.8. The van der Waals surface area contributed by atoms with E-state index in [9.17, 15) is 0 Å². The van der Waals surface area contributed by atoms with E-state index in [0.29, 0.717) is 16.7 Å². The maximum absolute atomic E-state index is 6.08. The minimum absolute atomic E-state index is 0.0342. The fraction of sp³-hybridized carbons (Fsp3) is 0.500. The quantitative estimate of drug-likeness (QED) is 0.467. The predicted octanol–water partition coefficient (Wildman–Crippen LogP) is 5.13.